The molecule has 0 radical (unpaired) electrons. The molecule has 18 heavy (non-hydrogen) atoms. The molecule has 98 valence electrons. The van der Waals surface area contributed by atoms with Crippen LogP contribution in [0.5, 0.6) is 0 Å². The first-order valence-corrected chi connectivity index (χ1v) is 5.14. The number of allylic oxidation sites excluding steroid dienone is 1. The van der Waals surface area contributed by atoms with Crippen molar-refractivity contribution in [2.24, 2.45) is 0 Å². The van der Waals surface area contributed by atoms with Crippen molar-refractivity contribution in [3.8, 4) is 0 Å². The highest BCUT2D eigenvalue weighted by Crippen LogP contribution is 2.36. The van der Waals surface area contributed by atoms with Gasteiger partial charge in [-0.3, -0.25) is 0 Å². The van der Waals surface area contributed by atoms with E-state index in [-0.39, 0.29) is 11.1 Å². The zero-order valence-corrected chi connectivity index (χ0v) is 10.3. The number of carbonyl (C=O) groups is 1. The van der Waals surface area contributed by atoms with Gasteiger partial charge in [0.25, 0.3) is 0 Å². The van der Waals surface area contributed by atoms with Gasteiger partial charge in [0.2, 0.25) is 0 Å². The summed E-state index contributed by atoms with van der Waals surface area (Å²) in [5.74, 6) is -0.786. The summed E-state index contributed by atoms with van der Waals surface area (Å²) in [6.45, 7) is 6.56. The van der Waals surface area contributed by atoms with E-state index in [2.05, 4.69) is 11.3 Å². The number of hydrogen-bond donors (Lipinski definition) is 0. The molecule has 0 heterocycles. The summed E-state index contributed by atoms with van der Waals surface area (Å²) < 4.78 is 43.1. The van der Waals surface area contributed by atoms with Crippen LogP contribution >= 0.6 is 0 Å². The maximum atomic E-state index is 12.9. The van der Waals surface area contributed by atoms with E-state index >= 15 is 0 Å². The van der Waals surface area contributed by atoms with Crippen LogP contribution < -0.4 is 0 Å². The van der Waals surface area contributed by atoms with Crippen molar-refractivity contribution in [1.29, 1.82) is 0 Å². The molecule has 0 fully saturated rings. The monoisotopic (exact) mass is 258 g/mol. The smallest absolute Gasteiger partial charge is 0.417 e. The molecule has 0 atom stereocenters. The lowest BCUT2D eigenvalue weighted by Crippen LogP contribution is -2.13. The number of halogens is 3. The van der Waals surface area contributed by atoms with Gasteiger partial charge in [-0.25, -0.2) is 4.79 Å². The number of alkyl halides is 3. The molecular formula is C13H13F3O2. The van der Waals surface area contributed by atoms with Gasteiger partial charge < -0.3 is 4.74 Å². The molecule has 0 saturated heterocycles. The zero-order chi connectivity index (χ0) is 14.1. The van der Waals surface area contributed by atoms with Crippen LogP contribution in [0.2, 0.25) is 0 Å². The first-order valence-electron chi connectivity index (χ1n) is 5.14. The number of methoxy groups -OCH3 is 1. The Hall–Kier alpha value is -1.78. The fraction of sp³-hybridized carbons (Fsp3) is 0.308. The Morgan fingerprint density at radius 2 is 1.83 bits per heavy atom. The lowest BCUT2D eigenvalue weighted by molar-refractivity contribution is -0.137. The summed E-state index contributed by atoms with van der Waals surface area (Å²) >= 11 is 0. The second kappa shape index (κ2) is 4.84. The van der Waals surface area contributed by atoms with Crippen molar-refractivity contribution in [2.45, 2.75) is 20.0 Å². The van der Waals surface area contributed by atoms with Gasteiger partial charge in [0.1, 0.15) is 0 Å². The SMILES string of the molecule is C=C(C)c1cc(C)c(C(=O)OC)cc1C(F)(F)F. The minimum absolute atomic E-state index is 0.00680. The number of carbonyl (C=O) groups excluding carboxylic acids is 1. The van der Waals surface area contributed by atoms with Gasteiger partial charge in [-0.1, -0.05) is 18.2 Å². The van der Waals surface area contributed by atoms with Crippen LogP contribution in [0.15, 0.2) is 18.7 Å². The lowest BCUT2D eigenvalue weighted by atomic mass is 9.95. The molecule has 0 spiro atoms. The Kier molecular flexibility index (Phi) is 3.84. The molecule has 2 nitrogen and oxygen atoms in total. The van der Waals surface area contributed by atoms with Crippen LogP contribution in [-0.2, 0) is 10.9 Å². The minimum Gasteiger partial charge on any atom is -0.465 e. The van der Waals surface area contributed by atoms with Crippen LogP contribution in [0.3, 0.4) is 0 Å². The van der Waals surface area contributed by atoms with Crippen molar-refractivity contribution in [2.75, 3.05) is 7.11 Å². The maximum Gasteiger partial charge on any atom is 0.417 e. The van der Waals surface area contributed by atoms with Gasteiger partial charge in [0.15, 0.2) is 0 Å². The largest absolute Gasteiger partial charge is 0.465 e. The van der Waals surface area contributed by atoms with Crippen molar-refractivity contribution in [3.05, 3.63) is 41.0 Å². The molecule has 1 rings (SSSR count). The average molecular weight is 258 g/mol. The molecular weight excluding hydrogens is 245 g/mol. The Morgan fingerprint density at radius 1 is 1.28 bits per heavy atom. The first kappa shape index (κ1) is 14.3. The van der Waals surface area contributed by atoms with Crippen LogP contribution in [0.4, 0.5) is 13.2 Å². The van der Waals surface area contributed by atoms with E-state index in [1.54, 1.807) is 6.92 Å². The van der Waals surface area contributed by atoms with Crippen LogP contribution in [0, 0.1) is 6.92 Å². The van der Waals surface area contributed by atoms with Gasteiger partial charge in [-0.2, -0.15) is 13.2 Å². The Bertz CT molecular complexity index is 502. The van der Waals surface area contributed by atoms with Crippen molar-refractivity contribution in [1.82, 2.24) is 0 Å². The van der Waals surface area contributed by atoms with E-state index in [0.717, 1.165) is 13.2 Å². The van der Waals surface area contributed by atoms with Gasteiger partial charge in [0, 0.05) is 0 Å². The molecule has 0 bridgehead atoms. The molecule has 1 aromatic rings. The minimum atomic E-state index is -4.54. The molecule has 1 aromatic carbocycles. The second-order valence-electron chi connectivity index (χ2n) is 3.98. The average Bonchev–Trinajstić information content (AvgIpc) is 2.25. The lowest BCUT2D eigenvalue weighted by Gasteiger charge is -2.16. The number of esters is 1. The van der Waals surface area contributed by atoms with Crippen molar-refractivity contribution in [3.63, 3.8) is 0 Å². The van der Waals surface area contributed by atoms with Crippen LogP contribution in [0.25, 0.3) is 5.57 Å². The Labute approximate surface area is 103 Å². The van der Waals surface area contributed by atoms with Gasteiger partial charge >= 0.3 is 12.1 Å². The number of benzene rings is 1. The highest BCUT2D eigenvalue weighted by Gasteiger charge is 2.34. The molecule has 0 aliphatic rings. The van der Waals surface area contributed by atoms with Crippen molar-refractivity contribution >= 4 is 11.5 Å². The second-order valence-corrected chi connectivity index (χ2v) is 3.98. The Balaban J connectivity index is 3.56. The highest BCUT2D eigenvalue weighted by molar-refractivity contribution is 5.92. The molecule has 0 N–H and O–H groups in total. The number of rotatable bonds is 2. The summed E-state index contributed by atoms with van der Waals surface area (Å²) in [6.07, 6.45) is -4.54. The molecule has 0 aromatic heterocycles. The van der Waals surface area contributed by atoms with Gasteiger partial charge in [-0.05, 0) is 31.0 Å². The fourth-order valence-electron chi connectivity index (χ4n) is 1.63. The molecule has 0 aliphatic heterocycles. The van der Waals surface area contributed by atoms with E-state index in [4.69, 9.17) is 0 Å². The molecule has 0 unspecified atom stereocenters. The van der Waals surface area contributed by atoms with Gasteiger partial charge in [-0.15, -0.1) is 0 Å². The highest BCUT2D eigenvalue weighted by atomic mass is 19.4. The van der Waals surface area contributed by atoms with Crippen molar-refractivity contribution < 1.29 is 22.7 Å². The number of aryl methyl sites for hydroxylation is 1. The normalized spacial score (nSPS) is 11.2. The van der Waals surface area contributed by atoms with E-state index in [0.29, 0.717) is 11.1 Å². The van der Waals surface area contributed by atoms with Crippen LogP contribution in [0.1, 0.15) is 34.0 Å². The quantitative estimate of drug-likeness (QED) is 0.753. The summed E-state index contributed by atoms with van der Waals surface area (Å²) in [7, 11) is 1.13. The summed E-state index contributed by atoms with van der Waals surface area (Å²) in [5, 5.41) is 0. The summed E-state index contributed by atoms with van der Waals surface area (Å²) in [6, 6.07) is 2.11. The molecule has 0 aliphatic carbocycles. The van der Waals surface area contributed by atoms with Crippen LogP contribution in [-0.4, -0.2) is 13.1 Å². The number of hydrogen-bond acceptors (Lipinski definition) is 2. The summed E-state index contributed by atoms with van der Waals surface area (Å²) in [4.78, 5) is 11.4. The Morgan fingerprint density at radius 3 is 2.22 bits per heavy atom. The van der Waals surface area contributed by atoms with Gasteiger partial charge in [0.05, 0.1) is 18.2 Å². The number of ether oxygens (including phenoxy) is 1. The summed E-state index contributed by atoms with van der Waals surface area (Å²) in [5.41, 5.74) is -0.252. The predicted molar refractivity (Wildman–Crippen MR) is 62.2 cm³/mol. The third-order valence-electron chi connectivity index (χ3n) is 2.54. The van der Waals surface area contributed by atoms with E-state index in [1.165, 1.54) is 13.0 Å². The standard InChI is InChI=1S/C13H13F3O2/c1-7(2)9-5-8(3)10(12(17)18-4)6-11(9)13(14,15)16/h5-6H,1H2,2-4H3. The molecule has 0 saturated carbocycles. The predicted octanol–water partition coefficient (Wildman–Crippen LogP) is 3.83. The molecule has 5 heteroatoms. The topological polar surface area (TPSA) is 26.3 Å². The van der Waals surface area contributed by atoms with E-state index < -0.39 is 17.7 Å². The molecule has 0 amide bonds. The third kappa shape index (κ3) is 2.72. The van der Waals surface area contributed by atoms with E-state index in [1.807, 2.05) is 0 Å². The third-order valence-corrected chi connectivity index (χ3v) is 2.54. The fourth-order valence-corrected chi connectivity index (χ4v) is 1.63. The maximum absolute atomic E-state index is 12.9. The zero-order valence-electron chi connectivity index (χ0n) is 10.3. The van der Waals surface area contributed by atoms with E-state index in [9.17, 15) is 18.0 Å². The first-order chi connectivity index (χ1) is 8.18.